The molecule has 0 aromatic heterocycles. The molecule has 1 aromatic rings. The van der Waals surface area contributed by atoms with Crippen molar-refractivity contribution in [3.8, 4) is 12.5 Å². The first-order valence-corrected chi connectivity index (χ1v) is 4.21. The van der Waals surface area contributed by atoms with Gasteiger partial charge in [-0.1, -0.05) is 24.6 Å². The number of carbonyl (C=O) groups excluding carboxylic acids is 1. The number of benzodiazepines with no additional fused rings is 1. The van der Waals surface area contributed by atoms with E-state index in [0.29, 0.717) is 0 Å². The third kappa shape index (κ3) is 1.27. The number of benzene rings is 1. The number of carbonyl (C=O) groups is 1. The van der Waals surface area contributed by atoms with Crippen molar-refractivity contribution >= 4 is 17.8 Å². The highest BCUT2D eigenvalue weighted by Crippen LogP contribution is 2.20. The van der Waals surface area contributed by atoms with E-state index in [9.17, 15) is 4.79 Å². The lowest BCUT2D eigenvalue weighted by molar-refractivity contribution is -0.116. The summed E-state index contributed by atoms with van der Waals surface area (Å²) in [5.74, 6) is -0.172. The number of para-hydroxylation sites is 1. The molecule has 0 bridgehead atoms. The molecule has 0 fully saturated rings. The maximum Gasteiger partial charge on any atom is 0.260 e. The molecule has 1 heterocycles. The zero-order valence-electron chi connectivity index (χ0n) is 7.47. The minimum Gasteiger partial charge on any atom is -0.282 e. The van der Waals surface area contributed by atoms with Gasteiger partial charge in [0.15, 0.2) is 0 Å². The molecule has 0 radical (unpaired) electrons. The summed E-state index contributed by atoms with van der Waals surface area (Å²) in [7, 11) is 0. The van der Waals surface area contributed by atoms with Gasteiger partial charge in [-0.15, -0.1) is 0 Å². The average molecular weight is 184 g/mol. The number of hydrogen-bond donors (Lipinski definition) is 0. The fourth-order valence-corrected chi connectivity index (χ4v) is 1.37. The average Bonchev–Trinajstić information content (AvgIpc) is 2.36. The number of terminal acetylenes is 1. The molecule has 3 heteroatoms. The maximum absolute atomic E-state index is 11.5. The van der Waals surface area contributed by atoms with Crippen molar-refractivity contribution in [3.05, 3.63) is 29.8 Å². The minimum absolute atomic E-state index is 0.110. The molecular formula is C11H8N2O. The number of rotatable bonds is 0. The number of nitrogens with zero attached hydrogens (tertiary/aromatic N) is 2. The van der Waals surface area contributed by atoms with Crippen molar-refractivity contribution in [3.63, 3.8) is 0 Å². The van der Waals surface area contributed by atoms with Crippen LogP contribution in [0.25, 0.3) is 0 Å². The SMILES string of the molecule is C#CN1C(=O)CN=Cc2ccccc21. The third-order valence-electron chi connectivity index (χ3n) is 2.01. The predicted molar refractivity (Wildman–Crippen MR) is 55.2 cm³/mol. The Kier molecular flexibility index (Phi) is 2.04. The highest BCUT2D eigenvalue weighted by atomic mass is 16.2. The predicted octanol–water partition coefficient (Wildman–Crippen LogP) is 1.04. The van der Waals surface area contributed by atoms with Crippen LogP contribution in [0.4, 0.5) is 5.69 Å². The zero-order valence-corrected chi connectivity index (χ0v) is 7.47. The molecule has 1 amide bonds. The van der Waals surface area contributed by atoms with Crippen LogP contribution in [-0.4, -0.2) is 18.7 Å². The van der Waals surface area contributed by atoms with E-state index in [0.717, 1.165) is 11.3 Å². The summed E-state index contributed by atoms with van der Waals surface area (Å²) in [6.45, 7) is 0.110. The lowest BCUT2D eigenvalue weighted by Crippen LogP contribution is -2.27. The largest absolute Gasteiger partial charge is 0.282 e. The Morgan fingerprint density at radius 2 is 2.21 bits per heavy atom. The van der Waals surface area contributed by atoms with Gasteiger partial charge >= 0.3 is 0 Å². The molecule has 3 nitrogen and oxygen atoms in total. The normalized spacial score (nSPS) is 14.5. The topological polar surface area (TPSA) is 32.7 Å². The number of fused-ring (bicyclic) bond motifs is 1. The molecule has 0 saturated carbocycles. The van der Waals surface area contributed by atoms with Crippen LogP contribution in [0.2, 0.25) is 0 Å². The first-order valence-electron chi connectivity index (χ1n) is 4.21. The molecule has 0 atom stereocenters. The van der Waals surface area contributed by atoms with Crippen molar-refractivity contribution in [1.29, 1.82) is 0 Å². The van der Waals surface area contributed by atoms with E-state index in [1.807, 2.05) is 24.3 Å². The number of aliphatic imine (C=N–C) groups is 1. The summed E-state index contributed by atoms with van der Waals surface area (Å²) in [6, 6.07) is 9.77. The number of amides is 1. The van der Waals surface area contributed by atoms with Gasteiger partial charge in [0.25, 0.3) is 5.91 Å². The van der Waals surface area contributed by atoms with Gasteiger partial charge in [0.2, 0.25) is 0 Å². The molecule has 2 rings (SSSR count). The molecule has 0 saturated heterocycles. The van der Waals surface area contributed by atoms with Gasteiger partial charge in [-0.3, -0.25) is 9.79 Å². The van der Waals surface area contributed by atoms with Gasteiger partial charge in [-0.2, -0.15) is 0 Å². The van der Waals surface area contributed by atoms with Crippen LogP contribution in [0.15, 0.2) is 29.3 Å². The maximum atomic E-state index is 11.5. The van der Waals surface area contributed by atoms with E-state index >= 15 is 0 Å². The lowest BCUT2D eigenvalue weighted by Gasteiger charge is -2.14. The summed E-state index contributed by atoms with van der Waals surface area (Å²) in [5, 5.41) is 0. The molecule has 0 unspecified atom stereocenters. The van der Waals surface area contributed by atoms with Crippen LogP contribution in [0.3, 0.4) is 0 Å². The summed E-state index contributed by atoms with van der Waals surface area (Å²) < 4.78 is 0. The van der Waals surface area contributed by atoms with Crippen molar-refractivity contribution in [2.45, 2.75) is 0 Å². The van der Waals surface area contributed by atoms with Gasteiger partial charge in [0.05, 0.1) is 5.69 Å². The lowest BCUT2D eigenvalue weighted by atomic mass is 10.2. The molecule has 1 aliphatic heterocycles. The molecule has 0 spiro atoms. The highest BCUT2D eigenvalue weighted by Gasteiger charge is 2.17. The van der Waals surface area contributed by atoms with Crippen LogP contribution in [-0.2, 0) is 4.79 Å². The molecule has 0 aliphatic carbocycles. The van der Waals surface area contributed by atoms with E-state index in [2.05, 4.69) is 11.0 Å². The van der Waals surface area contributed by atoms with Gasteiger partial charge in [-0.25, -0.2) is 4.90 Å². The molecule has 14 heavy (non-hydrogen) atoms. The summed E-state index contributed by atoms with van der Waals surface area (Å²) in [4.78, 5) is 16.8. The first-order chi connectivity index (χ1) is 6.83. The zero-order chi connectivity index (χ0) is 9.97. The smallest absolute Gasteiger partial charge is 0.260 e. The van der Waals surface area contributed by atoms with Gasteiger partial charge in [0.1, 0.15) is 6.54 Å². The van der Waals surface area contributed by atoms with Crippen LogP contribution >= 0.6 is 0 Å². The molecule has 0 N–H and O–H groups in total. The highest BCUT2D eigenvalue weighted by molar-refractivity contribution is 6.05. The minimum atomic E-state index is -0.172. The standard InChI is InChI=1S/C11H8N2O/c1-2-13-10-6-4-3-5-9(10)7-12-8-11(13)14/h1,3-7H,8H2. The Balaban J connectivity index is 2.59. The van der Waals surface area contributed by atoms with Gasteiger partial charge in [-0.05, 0) is 6.07 Å². The van der Waals surface area contributed by atoms with Crippen molar-refractivity contribution in [2.24, 2.45) is 4.99 Å². The Bertz CT molecular complexity index is 443. The molecular weight excluding hydrogens is 176 g/mol. The van der Waals surface area contributed by atoms with Crippen LogP contribution in [0, 0.1) is 12.5 Å². The van der Waals surface area contributed by atoms with Gasteiger partial charge in [0, 0.05) is 17.8 Å². The Hall–Kier alpha value is -2.08. The summed E-state index contributed by atoms with van der Waals surface area (Å²) in [5.41, 5.74) is 1.59. The van der Waals surface area contributed by atoms with Crippen molar-refractivity contribution < 1.29 is 4.79 Å². The first kappa shape index (κ1) is 8.52. The number of anilines is 1. The second-order valence-corrected chi connectivity index (χ2v) is 2.89. The third-order valence-corrected chi connectivity index (χ3v) is 2.01. The van der Waals surface area contributed by atoms with E-state index < -0.39 is 0 Å². The van der Waals surface area contributed by atoms with E-state index in [1.54, 1.807) is 6.21 Å². The fraction of sp³-hybridized carbons (Fsp3) is 0.0909. The fourth-order valence-electron chi connectivity index (χ4n) is 1.37. The second kappa shape index (κ2) is 3.35. The van der Waals surface area contributed by atoms with Gasteiger partial charge < -0.3 is 0 Å². The number of hydrogen-bond acceptors (Lipinski definition) is 2. The Labute approximate surface area is 82.1 Å². The van der Waals surface area contributed by atoms with E-state index in [1.165, 1.54) is 4.90 Å². The molecule has 1 aromatic carbocycles. The van der Waals surface area contributed by atoms with Crippen molar-refractivity contribution in [1.82, 2.24) is 0 Å². The van der Waals surface area contributed by atoms with Crippen LogP contribution in [0.1, 0.15) is 5.56 Å². The Morgan fingerprint density at radius 1 is 1.43 bits per heavy atom. The van der Waals surface area contributed by atoms with Crippen molar-refractivity contribution in [2.75, 3.05) is 11.4 Å². The monoisotopic (exact) mass is 184 g/mol. The van der Waals surface area contributed by atoms with Crippen LogP contribution in [0.5, 0.6) is 0 Å². The second-order valence-electron chi connectivity index (χ2n) is 2.89. The summed E-state index contributed by atoms with van der Waals surface area (Å²) in [6.07, 6.45) is 6.95. The molecule has 68 valence electrons. The Morgan fingerprint density at radius 3 is 3.00 bits per heavy atom. The molecule has 1 aliphatic rings. The van der Waals surface area contributed by atoms with E-state index in [4.69, 9.17) is 6.42 Å². The van der Waals surface area contributed by atoms with E-state index in [-0.39, 0.29) is 12.5 Å². The van der Waals surface area contributed by atoms with Crippen LogP contribution < -0.4 is 4.90 Å². The summed E-state index contributed by atoms with van der Waals surface area (Å²) >= 11 is 0. The quantitative estimate of drug-likeness (QED) is 0.554.